The first-order valence-corrected chi connectivity index (χ1v) is 13.3. The lowest BCUT2D eigenvalue weighted by Gasteiger charge is -2.25. The van der Waals surface area contributed by atoms with E-state index in [9.17, 15) is 14.4 Å². The molecule has 4 heterocycles. The number of Topliss-reactive ketones (excluding diaryl/α,β-unsaturated/α-hetero) is 1. The van der Waals surface area contributed by atoms with Gasteiger partial charge in [0.2, 0.25) is 11.8 Å². The quantitative estimate of drug-likeness (QED) is 0.287. The summed E-state index contributed by atoms with van der Waals surface area (Å²) in [6, 6.07) is 10.4. The van der Waals surface area contributed by atoms with E-state index in [1.807, 2.05) is 36.1 Å². The predicted molar refractivity (Wildman–Crippen MR) is 145 cm³/mol. The van der Waals surface area contributed by atoms with Crippen molar-refractivity contribution in [3.63, 3.8) is 0 Å². The van der Waals surface area contributed by atoms with Crippen LogP contribution < -0.4 is 5.32 Å². The van der Waals surface area contributed by atoms with E-state index >= 15 is 0 Å². The maximum Gasteiger partial charge on any atom is 0.247 e. The molecular formula is C29H33N5O4. The van der Waals surface area contributed by atoms with Crippen LogP contribution in [0.1, 0.15) is 54.6 Å². The van der Waals surface area contributed by atoms with Crippen molar-refractivity contribution in [2.45, 2.75) is 51.5 Å². The highest BCUT2D eigenvalue weighted by Gasteiger charge is 2.30. The van der Waals surface area contributed by atoms with Gasteiger partial charge < -0.3 is 19.5 Å². The van der Waals surface area contributed by atoms with Crippen LogP contribution in [0.4, 0.5) is 5.69 Å². The van der Waals surface area contributed by atoms with E-state index in [0.29, 0.717) is 24.4 Å². The number of ketones is 1. The first-order chi connectivity index (χ1) is 18.5. The lowest BCUT2D eigenvalue weighted by Crippen LogP contribution is -2.45. The Morgan fingerprint density at radius 3 is 2.71 bits per heavy atom. The van der Waals surface area contributed by atoms with Crippen LogP contribution in [0.25, 0.3) is 11.0 Å². The Kier molecular flexibility index (Phi) is 7.81. The first kappa shape index (κ1) is 25.6. The minimum atomic E-state index is -0.659. The van der Waals surface area contributed by atoms with E-state index in [1.54, 1.807) is 23.2 Å². The Morgan fingerprint density at radius 2 is 1.92 bits per heavy atom. The molecule has 198 valence electrons. The molecule has 1 N–H and O–H groups in total. The van der Waals surface area contributed by atoms with Crippen LogP contribution in [0.3, 0.4) is 0 Å². The van der Waals surface area contributed by atoms with Gasteiger partial charge in [0, 0.05) is 48.7 Å². The number of hydrogen-bond donors (Lipinski definition) is 1. The number of likely N-dealkylation sites (tertiary alicyclic amines) is 2. The van der Waals surface area contributed by atoms with E-state index in [-0.39, 0.29) is 30.6 Å². The molecule has 0 radical (unpaired) electrons. The average molecular weight is 516 g/mol. The molecule has 0 unspecified atom stereocenters. The molecule has 3 aromatic rings. The molecule has 0 spiro atoms. The lowest BCUT2D eigenvalue weighted by atomic mass is 10.1. The Labute approximate surface area is 221 Å². The second kappa shape index (κ2) is 11.6. The minimum absolute atomic E-state index is 0.00529. The van der Waals surface area contributed by atoms with Crippen molar-refractivity contribution in [2.24, 2.45) is 4.99 Å². The average Bonchev–Trinajstić information content (AvgIpc) is 3.55. The van der Waals surface area contributed by atoms with Crippen LogP contribution in [-0.4, -0.2) is 70.4 Å². The summed E-state index contributed by atoms with van der Waals surface area (Å²) in [6.07, 6.45) is 7.37. The molecule has 5 rings (SSSR count). The van der Waals surface area contributed by atoms with Crippen molar-refractivity contribution in [2.75, 3.05) is 31.5 Å². The highest BCUT2D eigenvalue weighted by atomic mass is 16.3. The molecule has 2 aliphatic rings. The van der Waals surface area contributed by atoms with Crippen molar-refractivity contribution in [3.05, 3.63) is 60.1 Å². The summed E-state index contributed by atoms with van der Waals surface area (Å²) in [5.41, 5.74) is 2.00. The zero-order chi connectivity index (χ0) is 26.5. The summed E-state index contributed by atoms with van der Waals surface area (Å²) < 4.78 is 5.68. The highest BCUT2D eigenvalue weighted by molar-refractivity contribution is 6.13. The van der Waals surface area contributed by atoms with Crippen molar-refractivity contribution >= 4 is 40.1 Å². The van der Waals surface area contributed by atoms with Gasteiger partial charge in [0.15, 0.2) is 5.78 Å². The Bertz CT molecular complexity index is 1340. The van der Waals surface area contributed by atoms with Crippen LogP contribution in [0.15, 0.2) is 58.2 Å². The number of furan rings is 1. The van der Waals surface area contributed by atoms with Gasteiger partial charge in [-0.25, -0.2) is 0 Å². The van der Waals surface area contributed by atoms with E-state index in [4.69, 9.17) is 9.41 Å². The summed E-state index contributed by atoms with van der Waals surface area (Å²) in [7, 11) is 0. The summed E-state index contributed by atoms with van der Waals surface area (Å²) in [4.78, 5) is 51.7. The SMILES string of the molecule is Cc1cc2cc(NC(CC(=O)c3cccnc3)=N[C@H]3CCCCN(CC(=O)N4CCCC4)C3=O)ccc2o1. The second-order valence-corrected chi connectivity index (χ2v) is 10.0. The number of nitrogens with zero attached hydrogens (tertiary/aromatic N) is 4. The minimum Gasteiger partial charge on any atom is -0.461 e. The highest BCUT2D eigenvalue weighted by Crippen LogP contribution is 2.24. The molecule has 9 nitrogen and oxygen atoms in total. The first-order valence-electron chi connectivity index (χ1n) is 13.3. The second-order valence-electron chi connectivity index (χ2n) is 10.0. The van der Waals surface area contributed by atoms with Crippen molar-refractivity contribution in [1.29, 1.82) is 0 Å². The fourth-order valence-corrected chi connectivity index (χ4v) is 5.10. The van der Waals surface area contributed by atoms with Crippen LogP contribution >= 0.6 is 0 Å². The van der Waals surface area contributed by atoms with Gasteiger partial charge in [-0.2, -0.15) is 0 Å². The molecular weight excluding hydrogens is 482 g/mol. The van der Waals surface area contributed by atoms with Gasteiger partial charge in [0.05, 0.1) is 13.0 Å². The Morgan fingerprint density at radius 1 is 1.11 bits per heavy atom. The zero-order valence-corrected chi connectivity index (χ0v) is 21.7. The molecule has 9 heteroatoms. The fraction of sp³-hybridized carbons (Fsp3) is 0.414. The number of aromatic nitrogens is 1. The van der Waals surface area contributed by atoms with Crippen LogP contribution in [0.5, 0.6) is 0 Å². The van der Waals surface area contributed by atoms with Crippen molar-refractivity contribution in [1.82, 2.24) is 14.8 Å². The van der Waals surface area contributed by atoms with Crippen molar-refractivity contribution in [3.8, 4) is 0 Å². The molecule has 2 amide bonds. The number of fused-ring (bicyclic) bond motifs is 1. The van der Waals surface area contributed by atoms with E-state index < -0.39 is 6.04 Å². The zero-order valence-electron chi connectivity index (χ0n) is 21.7. The Hall–Kier alpha value is -4.01. The van der Waals surface area contributed by atoms with Gasteiger partial charge in [-0.15, -0.1) is 0 Å². The number of amides is 2. The smallest absolute Gasteiger partial charge is 0.247 e. The molecule has 2 aromatic heterocycles. The molecule has 1 aromatic carbocycles. The molecule has 2 fully saturated rings. The normalized spacial score (nSPS) is 18.6. The monoisotopic (exact) mass is 515 g/mol. The number of aliphatic imine (C=N–C) groups is 1. The maximum atomic E-state index is 13.5. The van der Waals surface area contributed by atoms with Crippen LogP contribution in [0, 0.1) is 6.92 Å². The molecule has 0 aliphatic carbocycles. The molecule has 1 atom stereocenters. The molecule has 0 saturated carbocycles. The van der Waals surface area contributed by atoms with E-state index in [0.717, 1.165) is 61.2 Å². The summed E-state index contributed by atoms with van der Waals surface area (Å²) in [6.45, 7) is 4.03. The van der Waals surface area contributed by atoms with Crippen LogP contribution in [-0.2, 0) is 9.59 Å². The number of nitrogens with one attached hydrogen (secondary N) is 1. The molecule has 0 bridgehead atoms. The van der Waals surface area contributed by atoms with E-state index in [1.165, 1.54) is 6.20 Å². The maximum absolute atomic E-state index is 13.5. The summed E-state index contributed by atoms with van der Waals surface area (Å²) >= 11 is 0. The number of benzene rings is 1. The number of carbonyl (C=O) groups is 3. The van der Waals surface area contributed by atoms with Crippen molar-refractivity contribution < 1.29 is 18.8 Å². The third-order valence-electron chi connectivity index (χ3n) is 7.09. The number of rotatable bonds is 7. The molecule has 38 heavy (non-hydrogen) atoms. The number of carbonyl (C=O) groups excluding carboxylic acids is 3. The third-order valence-corrected chi connectivity index (χ3v) is 7.09. The number of hydrogen-bond acceptors (Lipinski definition) is 6. The van der Waals surface area contributed by atoms with Gasteiger partial charge in [0.25, 0.3) is 0 Å². The largest absolute Gasteiger partial charge is 0.461 e. The van der Waals surface area contributed by atoms with Crippen LogP contribution in [0.2, 0.25) is 0 Å². The molecule has 2 aliphatic heterocycles. The Balaban J connectivity index is 1.39. The summed E-state index contributed by atoms with van der Waals surface area (Å²) in [5, 5.41) is 4.22. The number of aryl methyl sites for hydroxylation is 1. The summed E-state index contributed by atoms with van der Waals surface area (Å²) in [5.74, 6) is 0.903. The van der Waals surface area contributed by atoms with Gasteiger partial charge in [0.1, 0.15) is 23.2 Å². The van der Waals surface area contributed by atoms with Gasteiger partial charge >= 0.3 is 0 Å². The lowest BCUT2D eigenvalue weighted by molar-refractivity contribution is -0.140. The van der Waals surface area contributed by atoms with E-state index in [2.05, 4.69) is 10.3 Å². The third kappa shape index (κ3) is 6.10. The number of amidine groups is 1. The molecule has 2 saturated heterocycles. The van der Waals surface area contributed by atoms with Gasteiger partial charge in [-0.05, 0) is 75.4 Å². The topological polar surface area (TPSA) is 108 Å². The standard InChI is InChI=1S/C29H33N5O4/c1-20-15-22-16-23(9-10-26(22)38-20)31-27(17-25(35)21-7-6-11-30-18-21)32-24-8-2-3-14-34(29(24)37)19-28(36)33-12-4-5-13-33/h6-7,9-11,15-16,18,24H,2-5,8,12-14,17,19H2,1H3,(H,31,32)/t24-/m0/s1. The van der Waals surface area contributed by atoms with Gasteiger partial charge in [-0.3, -0.25) is 24.4 Å². The number of anilines is 1. The van der Waals surface area contributed by atoms with Gasteiger partial charge in [-0.1, -0.05) is 0 Å². The fourth-order valence-electron chi connectivity index (χ4n) is 5.10. The number of pyridine rings is 1. The predicted octanol–water partition coefficient (Wildman–Crippen LogP) is 4.22.